The monoisotopic (exact) mass is 495 g/mol. The number of carbonyl (C=O) groups excluding carboxylic acids is 1. The summed E-state index contributed by atoms with van der Waals surface area (Å²) in [4.78, 5) is 14.5. The van der Waals surface area contributed by atoms with Gasteiger partial charge in [0.05, 0.1) is 10.9 Å². The molecule has 8 heteroatoms. The Hall–Kier alpha value is -1.93. The number of carbonyl (C=O) groups is 1. The lowest BCUT2D eigenvalue weighted by Crippen LogP contribution is -2.48. The Labute approximate surface area is 184 Å². The topological polar surface area (TPSA) is 63.7 Å². The third-order valence-electron chi connectivity index (χ3n) is 5.81. The van der Waals surface area contributed by atoms with Gasteiger partial charge in [-0.25, -0.2) is 17.6 Å². The maximum atomic E-state index is 13.9. The highest BCUT2D eigenvalue weighted by Crippen LogP contribution is 2.54. The van der Waals surface area contributed by atoms with Crippen LogP contribution in [0.4, 0.5) is 9.18 Å². The van der Waals surface area contributed by atoms with Gasteiger partial charge in [0.2, 0.25) is 0 Å². The summed E-state index contributed by atoms with van der Waals surface area (Å²) in [5, 5.41) is 0. The van der Waals surface area contributed by atoms with E-state index in [1.54, 1.807) is 25.7 Å². The van der Waals surface area contributed by atoms with Gasteiger partial charge in [-0.1, -0.05) is 22.0 Å². The van der Waals surface area contributed by atoms with Crippen molar-refractivity contribution in [2.24, 2.45) is 0 Å². The zero-order valence-electron chi connectivity index (χ0n) is 17.0. The summed E-state index contributed by atoms with van der Waals surface area (Å²) in [5.74, 6) is -0.499. The first-order chi connectivity index (χ1) is 14.0. The summed E-state index contributed by atoms with van der Waals surface area (Å²) in [6.45, 7) is 5.62. The molecule has 4 rings (SSSR count). The van der Waals surface area contributed by atoms with Crippen LogP contribution in [0.15, 0.2) is 51.8 Å². The van der Waals surface area contributed by atoms with Crippen molar-refractivity contribution < 1.29 is 22.3 Å². The van der Waals surface area contributed by atoms with Crippen molar-refractivity contribution in [3.63, 3.8) is 0 Å². The number of benzene rings is 2. The predicted molar refractivity (Wildman–Crippen MR) is 114 cm³/mol. The molecule has 0 saturated carbocycles. The molecule has 160 valence electrons. The Bertz CT molecular complexity index is 1110. The largest absolute Gasteiger partial charge is 0.444 e. The fourth-order valence-corrected chi connectivity index (χ4v) is 7.36. The van der Waals surface area contributed by atoms with E-state index in [-0.39, 0.29) is 17.9 Å². The lowest BCUT2D eigenvalue weighted by Gasteiger charge is -2.33. The van der Waals surface area contributed by atoms with Gasteiger partial charge in [-0.05, 0) is 81.1 Å². The SMILES string of the molecule is CC(C)(C)OC(=O)N1CCC2(S(=O)(=O)c3ccc(F)cc3)c3ccc(Br)cc3CC12. The second-order valence-electron chi connectivity index (χ2n) is 8.79. The molecular formula is C22H23BrFNO4S. The molecule has 2 aliphatic rings. The van der Waals surface area contributed by atoms with Gasteiger partial charge >= 0.3 is 6.09 Å². The summed E-state index contributed by atoms with van der Waals surface area (Å²) in [6, 6.07) is 9.84. The first-order valence-electron chi connectivity index (χ1n) is 9.74. The zero-order chi connectivity index (χ0) is 21.9. The Morgan fingerprint density at radius 1 is 1.20 bits per heavy atom. The molecule has 1 aliphatic heterocycles. The molecule has 1 amide bonds. The highest BCUT2D eigenvalue weighted by molar-refractivity contribution is 9.10. The molecule has 0 bridgehead atoms. The smallest absolute Gasteiger partial charge is 0.410 e. The summed E-state index contributed by atoms with van der Waals surface area (Å²) in [7, 11) is -3.92. The molecule has 30 heavy (non-hydrogen) atoms. The quantitative estimate of drug-likeness (QED) is 0.560. The molecule has 5 nitrogen and oxygen atoms in total. The zero-order valence-corrected chi connectivity index (χ0v) is 19.4. The van der Waals surface area contributed by atoms with Crippen molar-refractivity contribution in [3.8, 4) is 0 Å². The van der Waals surface area contributed by atoms with Crippen molar-refractivity contribution in [1.29, 1.82) is 0 Å². The van der Waals surface area contributed by atoms with Crippen LogP contribution in [0.25, 0.3) is 0 Å². The van der Waals surface area contributed by atoms with Gasteiger partial charge in [-0.2, -0.15) is 0 Å². The van der Waals surface area contributed by atoms with E-state index in [1.807, 2.05) is 18.2 Å². The van der Waals surface area contributed by atoms with Gasteiger partial charge in [-0.15, -0.1) is 0 Å². The maximum Gasteiger partial charge on any atom is 0.410 e. The average molecular weight is 496 g/mol. The van der Waals surface area contributed by atoms with Crippen LogP contribution in [-0.2, 0) is 25.7 Å². The number of halogens is 2. The van der Waals surface area contributed by atoms with Crippen LogP contribution < -0.4 is 0 Å². The minimum Gasteiger partial charge on any atom is -0.444 e. The predicted octanol–water partition coefficient (Wildman–Crippen LogP) is 4.82. The van der Waals surface area contributed by atoms with Crippen molar-refractivity contribution in [1.82, 2.24) is 4.90 Å². The Morgan fingerprint density at radius 3 is 2.50 bits per heavy atom. The van der Waals surface area contributed by atoms with Crippen molar-refractivity contribution >= 4 is 31.9 Å². The third kappa shape index (κ3) is 3.24. The summed E-state index contributed by atoms with van der Waals surface area (Å²) in [6.07, 6.45) is 0.148. The maximum absolute atomic E-state index is 13.9. The van der Waals surface area contributed by atoms with Crippen LogP contribution in [0.3, 0.4) is 0 Å². The number of sulfone groups is 1. The summed E-state index contributed by atoms with van der Waals surface area (Å²) in [5.41, 5.74) is 0.895. The van der Waals surface area contributed by atoms with E-state index >= 15 is 0 Å². The standard InChI is InChI=1S/C22H23BrFNO4S/c1-21(2,3)29-20(26)25-11-10-22(30(27,28)17-7-5-16(24)6-8-17)18-9-4-15(23)12-14(18)13-19(22)25/h4-9,12,19H,10-11,13H2,1-3H3. The van der Waals surface area contributed by atoms with Crippen molar-refractivity contribution in [2.45, 2.75) is 54.9 Å². The lowest BCUT2D eigenvalue weighted by molar-refractivity contribution is 0.0220. The molecule has 2 aromatic carbocycles. The molecule has 1 aliphatic carbocycles. The molecule has 0 spiro atoms. The molecule has 1 heterocycles. The van der Waals surface area contributed by atoms with Crippen LogP contribution in [0.5, 0.6) is 0 Å². The Kier molecular flexibility index (Phi) is 5.01. The molecule has 1 fully saturated rings. The Morgan fingerprint density at radius 2 is 1.87 bits per heavy atom. The molecule has 1 saturated heterocycles. The number of nitrogens with zero attached hydrogens (tertiary/aromatic N) is 1. The van der Waals surface area contributed by atoms with E-state index in [1.165, 1.54) is 12.1 Å². The highest BCUT2D eigenvalue weighted by Gasteiger charge is 2.63. The van der Waals surface area contributed by atoms with Gasteiger partial charge in [0.1, 0.15) is 16.2 Å². The molecule has 2 aromatic rings. The minimum absolute atomic E-state index is 0.0516. The normalized spacial score (nSPS) is 23.2. The number of likely N-dealkylation sites (tertiary alicyclic amines) is 1. The Balaban J connectivity index is 1.86. The minimum atomic E-state index is -3.92. The molecular weight excluding hydrogens is 473 g/mol. The van der Waals surface area contributed by atoms with E-state index in [0.717, 1.165) is 22.2 Å². The highest BCUT2D eigenvalue weighted by atomic mass is 79.9. The number of fused-ring (bicyclic) bond motifs is 3. The summed E-state index contributed by atoms with van der Waals surface area (Å²) < 4.78 is 46.4. The first-order valence-corrected chi connectivity index (χ1v) is 12.0. The second-order valence-corrected chi connectivity index (χ2v) is 11.9. The number of rotatable bonds is 2. The first kappa shape index (κ1) is 21.3. The van der Waals surface area contributed by atoms with E-state index in [9.17, 15) is 17.6 Å². The lowest BCUT2D eigenvalue weighted by atomic mass is 9.97. The van der Waals surface area contributed by atoms with E-state index in [2.05, 4.69) is 15.9 Å². The number of ether oxygens (including phenoxy) is 1. The van der Waals surface area contributed by atoms with Crippen LogP contribution in [0.2, 0.25) is 0 Å². The fourth-order valence-electron chi connectivity index (χ4n) is 4.62. The fraction of sp³-hybridized carbons (Fsp3) is 0.409. The number of hydrogen-bond donors (Lipinski definition) is 0. The summed E-state index contributed by atoms with van der Waals surface area (Å²) >= 11 is 3.45. The van der Waals surface area contributed by atoms with Gasteiger partial charge in [0, 0.05) is 11.0 Å². The average Bonchev–Trinajstić information content (AvgIpc) is 3.15. The van der Waals surface area contributed by atoms with Gasteiger partial charge in [-0.3, -0.25) is 0 Å². The van der Waals surface area contributed by atoms with Gasteiger partial charge in [0.25, 0.3) is 0 Å². The van der Waals surface area contributed by atoms with E-state index in [0.29, 0.717) is 12.0 Å². The molecule has 0 N–H and O–H groups in total. The second kappa shape index (κ2) is 7.05. The van der Waals surface area contributed by atoms with Crippen LogP contribution in [-0.4, -0.2) is 37.6 Å². The van der Waals surface area contributed by atoms with Crippen molar-refractivity contribution in [3.05, 3.63) is 63.9 Å². The van der Waals surface area contributed by atoms with E-state index in [4.69, 9.17) is 4.74 Å². The van der Waals surface area contributed by atoms with Gasteiger partial charge < -0.3 is 9.64 Å². The third-order valence-corrected chi connectivity index (χ3v) is 8.85. The molecule has 0 aromatic heterocycles. The molecule has 2 unspecified atom stereocenters. The number of amides is 1. The van der Waals surface area contributed by atoms with Crippen molar-refractivity contribution in [2.75, 3.05) is 6.54 Å². The van der Waals surface area contributed by atoms with Crippen LogP contribution in [0, 0.1) is 5.82 Å². The number of hydrogen-bond acceptors (Lipinski definition) is 4. The molecule has 0 radical (unpaired) electrons. The molecule has 2 atom stereocenters. The van der Waals surface area contributed by atoms with E-state index < -0.39 is 38.1 Å². The van der Waals surface area contributed by atoms with Crippen LogP contribution in [0.1, 0.15) is 38.3 Å². The van der Waals surface area contributed by atoms with Crippen LogP contribution >= 0.6 is 15.9 Å². The van der Waals surface area contributed by atoms with Gasteiger partial charge in [0.15, 0.2) is 9.84 Å².